The Morgan fingerprint density at radius 3 is 2.52 bits per heavy atom. The first-order valence-corrected chi connectivity index (χ1v) is 8.10. The molecule has 7 nitrogen and oxygen atoms in total. The van der Waals surface area contributed by atoms with E-state index in [1.165, 1.54) is 10.7 Å². The van der Waals surface area contributed by atoms with Crippen LogP contribution in [0.3, 0.4) is 0 Å². The van der Waals surface area contributed by atoms with Crippen LogP contribution in [0.1, 0.15) is 47.6 Å². The van der Waals surface area contributed by atoms with Crippen LogP contribution in [0.25, 0.3) is 5.95 Å². The molecule has 0 saturated heterocycles. The fraction of sp³-hybridized carbons (Fsp3) is 0.500. The highest BCUT2D eigenvalue weighted by Crippen LogP contribution is 2.34. The number of carbonyl (C=O) groups is 1. The Balaban J connectivity index is 1.89. The molecule has 1 aliphatic carbocycles. The number of aromatic nitrogens is 4. The maximum Gasteiger partial charge on any atom is 0.267 e. The highest BCUT2D eigenvalue weighted by molar-refractivity contribution is 5.91. The van der Waals surface area contributed by atoms with E-state index in [0.717, 1.165) is 11.4 Å². The molecule has 1 fully saturated rings. The predicted molar refractivity (Wildman–Crippen MR) is 88.0 cm³/mol. The van der Waals surface area contributed by atoms with Gasteiger partial charge in [0.2, 0.25) is 5.92 Å². The van der Waals surface area contributed by atoms with E-state index in [2.05, 4.69) is 20.4 Å². The fourth-order valence-electron chi connectivity index (χ4n) is 2.95. The molecule has 2 aromatic heterocycles. The first kappa shape index (κ1) is 17.2. The van der Waals surface area contributed by atoms with Crippen LogP contribution in [0, 0.1) is 13.8 Å². The van der Waals surface area contributed by atoms with Gasteiger partial charge < -0.3 is 11.1 Å². The Hall–Kier alpha value is -2.58. The van der Waals surface area contributed by atoms with E-state index in [4.69, 9.17) is 5.73 Å². The second-order valence-electron chi connectivity index (χ2n) is 6.42. The first-order chi connectivity index (χ1) is 11.7. The molecule has 1 saturated carbocycles. The molecule has 0 atom stereocenters. The molecule has 0 bridgehead atoms. The standard InChI is InChI=1S/C16H20F2N6O/c1-9-7-10(2)24(23-9)15-21-12(14(19)25)8-13(22-15)20-11-3-5-16(17,18)6-4-11/h7-8,11H,3-6H2,1-2H3,(H2,19,25)(H,20,21,22). The normalized spacial score (nSPS) is 17.4. The smallest absolute Gasteiger partial charge is 0.267 e. The zero-order valence-electron chi connectivity index (χ0n) is 14.1. The van der Waals surface area contributed by atoms with Crippen molar-refractivity contribution in [1.29, 1.82) is 0 Å². The number of anilines is 1. The SMILES string of the molecule is Cc1cc(C)n(-c2nc(NC3CCC(F)(F)CC3)cc(C(N)=O)n2)n1. The van der Waals surface area contributed by atoms with Crippen molar-refractivity contribution in [2.24, 2.45) is 5.73 Å². The van der Waals surface area contributed by atoms with E-state index in [1.54, 1.807) is 0 Å². The van der Waals surface area contributed by atoms with Crippen LogP contribution in [-0.2, 0) is 0 Å². The molecule has 0 spiro atoms. The summed E-state index contributed by atoms with van der Waals surface area (Å²) in [5.41, 5.74) is 6.99. The molecule has 2 heterocycles. The van der Waals surface area contributed by atoms with Crippen molar-refractivity contribution in [1.82, 2.24) is 19.7 Å². The molecule has 3 N–H and O–H groups in total. The summed E-state index contributed by atoms with van der Waals surface area (Å²) in [6.07, 6.45) is 0.335. The number of nitrogens with two attached hydrogens (primary N) is 1. The Bertz CT molecular complexity index is 794. The second-order valence-corrected chi connectivity index (χ2v) is 6.42. The van der Waals surface area contributed by atoms with Gasteiger partial charge in [-0.25, -0.2) is 18.4 Å². The van der Waals surface area contributed by atoms with Crippen LogP contribution in [0.5, 0.6) is 0 Å². The number of nitrogens with one attached hydrogen (secondary N) is 1. The maximum absolute atomic E-state index is 13.3. The molecular formula is C16H20F2N6O. The van der Waals surface area contributed by atoms with Gasteiger partial charge in [-0.2, -0.15) is 10.1 Å². The summed E-state index contributed by atoms with van der Waals surface area (Å²) < 4.78 is 28.1. The lowest BCUT2D eigenvalue weighted by Gasteiger charge is -2.29. The highest BCUT2D eigenvalue weighted by atomic mass is 19.3. The van der Waals surface area contributed by atoms with Crippen molar-refractivity contribution >= 4 is 11.7 Å². The van der Waals surface area contributed by atoms with Gasteiger partial charge in [-0.1, -0.05) is 0 Å². The molecule has 134 valence electrons. The first-order valence-electron chi connectivity index (χ1n) is 8.10. The lowest BCUT2D eigenvalue weighted by molar-refractivity contribution is -0.0361. The summed E-state index contributed by atoms with van der Waals surface area (Å²) in [6.45, 7) is 3.68. The summed E-state index contributed by atoms with van der Waals surface area (Å²) in [5.74, 6) is -2.70. The van der Waals surface area contributed by atoms with Gasteiger partial charge in [0.25, 0.3) is 11.9 Å². The Morgan fingerprint density at radius 2 is 1.96 bits per heavy atom. The lowest BCUT2D eigenvalue weighted by Crippen LogP contribution is -2.32. The second kappa shape index (κ2) is 6.38. The van der Waals surface area contributed by atoms with Gasteiger partial charge in [0.05, 0.1) is 5.69 Å². The van der Waals surface area contributed by atoms with Crippen LogP contribution in [0.15, 0.2) is 12.1 Å². The van der Waals surface area contributed by atoms with Crippen molar-refractivity contribution in [2.45, 2.75) is 51.5 Å². The third kappa shape index (κ3) is 3.92. The Morgan fingerprint density at radius 1 is 1.28 bits per heavy atom. The molecule has 1 amide bonds. The van der Waals surface area contributed by atoms with Gasteiger partial charge in [-0.3, -0.25) is 4.79 Å². The van der Waals surface area contributed by atoms with Crippen LogP contribution in [0.2, 0.25) is 0 Å². The minimum Gasteiger partial charge on any atom is -0.367 e. The van der Waals surface area contributed by atoms with Gasteiger partial charge in [0.1, 0.15) is 11.5 Å². The number of aryl methyl sites for hydroxylation is 2. The molecule has 0 aromatic carbocycles. The summed E-state index contributed by atoms with van der Waals surface area (Å²) in [7, 11) is 0. The monoisotopic (exact) mass is 350 g/mol. The maximum atomic E-state index is 13.3. The zero-order valence-corrected chi connectivity index (χ0v) is 14.1. The predicted octanol–water partition coefficient (Wildman–Crippen LogP) is 2.37. The molecule has 25 heavy (non-hydrogen) atoms. The summed E-state index contributed by atoms with van der Waals surface area (Å²) in [6, 6.07) is 3.16. The van der Waals surface area contributed by atoms with Crippen molar-refractivity contribution in [3.05, 3.63) is 29.2 Å². The summed E-state index contributed by atoms with van der Waals surface area (Å²) in [4.78, 5) is 20.1. The third-order valence-corrected chi connectivity index (χ3v) is 4.23. The van der Waals surface area contributed by atoms with Gasteiger partial charge in [0.15, 0.2) is 0 Å². The number of halogens is 2. The number of nitrogens with zero attached hydrogens (tertiary/aromatic N) is 4. The summed E-state index contributed by atoms with van der Waals surface area (Å²) >= 11 is 0. The van der Waals surface area contributed by atoms with E-state index in [0.29, 0.717) is 18.7 Å². The van der Waals surface area contributed by atoms with Crippen LogP contribution < -0.4 is 11.1 Å². The number of amides is 1. The lowest BCUT2D eigenvalue weighted by atomic mass is 9.92. The quantitative estimate of drug-likeness (QED) is 0.882. The molecular weight excluding hydrogens is 330 g/mol. The number of alkyl halides is 2. The Labute approximate surface area is 143 Å². The van der Waals surface area contributed by atoms with Crippen LogP contribution >= 0.6 is 0 Å². The van der Waals surface area contributed by atoms with Crippen molar-refractivity contribution < 1.29 is 13.6 Å². The van der Waals surface area contributed by atoms with Crippen molar-refractivity contribution in [3.63, 3.8) is 0 Å². The molecule has 9 heteroatoms. The third-order valence-electron chi connectivity index (χ3n) is 4.23. The van der Waals surface area contributed by atoms with Gasteiger partial charge >= 0.3 is 0 Å². The fourth-order valence-corrected chi connectivity index (χ4v) is 2.95. The van der Waals surface area contributed by atoms with E-state index in [-0.39, 0.29) is 30.5 Å². The Kier molecular flexibility index (Phi) is 4.40. The van der Waals surface area contributed by atoms with Crippen LogP contribution in [-0.4, -0.2) is 37.6 Å². The average molecular weight is 350 g/mol. The number of rotatable bonds is 4. The van der Waals surface area contributed by atoms with Gasteiger partial charge in [0, 0.05) is 30.6 Å². The molecule has 2 aromatic rings. The van der Waals surface area contributed by atoms with Gasteiger partial charge in [-0.05, 0) is 32.8 Å². The highest BCUT2D eigenvalue weighted by Gasteiger charge is 2.35. The number of primary amides is 1. The van der Waals surface area contributed by atoms with E-state index in [1.807, 2.05) is 19.9 Å². The molecule has 3 rings (SSSR count). The molecule has 0 unspecified atom stereocenters. The minimum absolute atomic E-state index is 0.0428. The molecule has 1 aliphatic rings. The van der Waals surface area contributed by atoms with Crippen molar-refractivity contribution in [2.75, 3.05) is 5.32 Å². The van der Waals surface area contributed by atoms with E-state index < -0.39 is 11.8 Å². The average Bonchev–Trinajstić information content (AvgIpc) is 2.88. The number of carbonyl (C=O) groups excluding carboxylic acids is 1. The van der Waals surface area contributed by atoms with E-state index >= 15 is 0 Å². The van der Waals surface area contributed by atoms with Crippen molar-refractivity contribution in [3.8, 4) is 5.95 Å². The van der Waals surface area contributed by atoms with Crippen LogP contribution in [0.4, 0.5) is 14.6 Å². The molecule has 0 radical (unpaired) electrons. The van der Waals surface area contributed by atoms with Gasteiger partial charge in [-0.15, -0.1) is 0 Å². The zero-order chi connectivity index (χ0) is 18.2. The molecule has 0 aliphatic heterocycles. The minimum atomic E-state index is -2.60. The largest absolute Gasteiger partial charge is 0.367 e. The number of hydrogen-bond donors (Lipinski definition) is 2. The summed E-state index contributed by atoms with van der Waals surface area (Å²) in [5, 5.41) is 7.42. The van der Waals surface area contributed by atoms with E-state index in [9.17, 15) is 13.6 Å². The number of hydrogen-bond acceptors (Lipinski definition) is 5. The topological polar surface area (TPSA) is 98.7 Å².